The van der Waals surface area contributed by atoms with Gasteiger partial charge in [-0.15, -0.1) is 0 Å². The molecule has 0 amide bonds. The van der Waals surface area contributed by atoms with Crippen LogP contribution in [0, 0.1) is 5.82 Å². The van der Waals surface area contributed by atoms with Crippen LogP contribution < -0.4 is 9.47 Å². The average molecular weight is 386 g/mol. The van der Waals surface area contributed by atoms with Gasteiger partial charge in [0.25, 0.3) is 0 Å². The van der Waals surface area contributed by atoms with Crippen LogP contribution in [0.5, 0.6) is 11.5 Å². The molecule has 0 saturated heterocycles. The number of carbonyl (C=O) groups is 2. The summed E-state index contributed by atoms with van der Waals surface area (Å²) in [6, 6.07) is 11.9. The van der Waals surface area contributed by atoms with Crippen LogP contribution in [0.2, 0.25) is 0 Å². The van der Waals surface area contributed by atoms with Gasteiger partial charge in [0.05, 0.1) is 18.8 Å². The number of halogens is 1. The normalized spacial score (nSPS) is 10.2. The van der Waals surface area contributed by atoms with Crippen molar-refractivity contribution in [3.05, 3.63) is 72.6 Å². The van der Waals surface area contributed by atoms with Crippen molar-refractivity contribution in [2.75, 3.05) is 13.2 Å². The predicted octanol–water partition coefficient (Wildman–Crippen LogP) is 4.71. The van der Waals surface area contributed by atoms with Crippen LogP contribution in [-0.2, 0) is 9.53 Å². The third-order valence-corrected chi connectivity index (χ3v) is 3.83. The van der Waals surface area contributed by atoms with Crippen LogP contribution in [0.1, 0.15) is 36.0 Å². The molecule has 0 atom stereocenters. The van der Waals surface area contributed by atoms with Crippen molar-refractivity contribution in [2.24, 2.45) is 0 Å². The second kappa shape index (κ2) is 11.5. The zero-order chi connectivity index (χ0) is 20.2. The SMILES string of the molecule is C=CC(=O)OCCCCCCOc1ccc(C(=O)Oc2ccc(F)cc2)cc1. The molecule has 0 spiro atoms. The molecule has 0 bridgehead atoms. The molecule has 0 aromatic heterocycles. The Kier molecular flexibility index (Phi) is 8.72. The molecule has 2 aromatic rings. The van der Waals surface area contributed by atoms with E-state index in [1.807, 2.05) is 0 Å². The second-order valence-corrected chi connectivity index (χ2v) is 6.00. The van der Waals surface area contributed by atoms with Crippen LogP contribution in [0.3, 0.4) is 0 Å². The van der Waals surface area contributed by atoms with Crippen molar-refractivity contribution >= 4 is 11.9 Å². The number of unbranched alkanes of at least 4 members (excludes halogenated alkanes) is 3. The molecule has 0 aliphatic rings. The highest BCUT2D eigenvalue weighted by Crippen LogP contribution is 2.16. The highest BCUT2D eigenvalue weighted by molar-refractivity contribution is 5.91. The Morgan fingerprint density at radius 3 is 2.11 bits per heavy atom. The third-order valence-electron chi connectivity index (χ3n) is 3.83. The van der Waals surface area contributed by atoms with Gasteiger partial charge >= 0.3 is 11.9 Å². The van der Waals surface area contributed by atoms with Gasteiger partial charge in [0.1, 0.15) is 17.3 Å². The summed E-state index contributed by atoms with van der Waals surface area (Å²) in [4.78, 5) is 22.9. The number of esters is 2. The zero-order valence-corrected chi connectivity index (χ0v) is 15.6. The summed E-state index contributed by atoms with van der Waals surface area (Å²) in [7, 11) is 0. The van der Waals surface area contributed by atoms with Gasteiger partial charge in [-0.05, 0) is 74.2 Å². The predicted molar refractivity (Wildman–Crippen MR) is 103 cm³/mol. The maximum atomic E-state index is 12.9. The van der Waals surface area contributed by atoms with E-state index in [0.717, 1.165) is 31.8 Å². The summed E-state index contributed by atoms with van der Waals surface area (Å²) < 4.78 is 28.6. The molecule has 0 saturated carbocycles. The van der Waals surface area contributed by atoms with Gasteiger partial charge in [-0.2, -0.15) is 0 Å². The molecule has 2 aromatic carbocycles. The van der Waals surface area contributed by atoms with E-state index >= 15 is 0 Å². The maximum absolute atomic E-state index is 12.9. The molecule has 2 rings (SSSR count). The maximum Gasteiger partial charge on any atom is 0.343 e. The number of rotatable bonds is 11. The van der Waals surface area contributed by atoms with Gasteiger partial charge in [-0.3, -0.25) is 0 Å². The quantitative estimate of drug-likeness (QED) is 0.242. The van der Waals surface area contributed by atoms with E-state index in [9.17, 15) is 14.0 Å². The van der Waals surface area contributed by atoms with E-state index in [-0.39, 0.29) is 5.75 Å². The summed E-state index contributed by atoms with van der Waals surface area (Å²) in [5.74, 6) is -0.356. The van der Waals surface area contributed by atoms with Crippen LogP contribution in [0.4, 0.5) is 4.39 Å². The Hall–Kier alpha value is -3.15. The molecule has 0 aliphatic heterocycles. The lowest BCUT2D eigenvalue weighted by molar-refractivity contribution is -0.137. The van der Waals surface area contributed by atoms with Crippen molar-refractivity contribution < 1.29 is 28.2 Å². The van der Waals surface area contributed by atoms with Crippen LogP contribution in [-0.4, -0.2) is 25.2 Å². The van der Waals surface area contributed by atoms with E-state index in [4.69, 9.17) is 14.2 Å². The van der Waals surface area contributed by atoms with Crippen LogP contribution >= 0.6 is 0 Å². The summed E-state index contributed by atoms with van der Waals surface area (Å²) >= 11 is 0. The smallest absolute Gasteiger partial charge is 0.343 e. The Labute approximate surface area is 163 Å². The number of benzene rings is 2. The molecule has 0 unspecified atom stereocenters. The molecule has 5 nitrogen and oxygen atoms in total. The molecular formula is C22H23FO5. The fraction of sp³-hybridized carbons (Fsp3) is 0.273. The summed E-state index contributed by atoms with van der Waals surface area (Å²) in [5.41, 5.74) is 0.380. The average Bonchev–Trinajstić information content (AvgIpc) is 2.71. The standard InChI is InChI=1S/C22H23FO5/c1-2-21(24)27-16-6-4-3-5-15-26-19-11-7-17(8-12-19)22(25)28-20-13-9-18(23)10-14-20/h2,7-14H,1,3-6,15-16H2. The molecular weight excluding hydrogens is 363 g/mol. The highest BCUT2D eigenvalue weighted by Gasteiger charge is 2.09. The summed E-state index contributed by atoms with van der Waals surface area (Å²) in [6.07, 6.45) is 4.76. The van der Waals surface area contributed by atoms with E-state index in [1.165, 1.54) is 24.3 Å². The number of hydrogen-bond acceptors (Lipinski definition) is 5. The number of carbonyl (C=O) groups excluding carboxylic acids is 2. The Balaban J connectivity index is 1.64. The van der Waals surface area contributed by atoms with E-state index in [2.05, 4.69) is 6.58 Å². The van der Waals surface area contributed by atoms with E-state index in [1.54, 1.807) is 24.3 Å². The monoisotopic (exact) mass is 386 g/mol. The van der Waals surface area contributed by atoms with Crippen molar-refractivity contribution in [1.29, 1.82) is 0 Å². The molecule has 28 heavy (non-hydrogen) atoms. The fourth-order valence-corrected chi connectivity index (χ4v) is 2.34. The highest BCUT2D eigenvalue weighted by atomic mass is 19.1. The summed E-state index contributed by atoms with van der Waals surface area (Å²) in [6.45, 7) is 4.30. The molecule has 148 valence electrons. The van der Waals surface area contributed by atoms with E-state index < -0.39 is 17.8 Å². The van der Waals surface area contributed by atoms with Gasteiger partial charge in [0, 0.05) is 6.08 Å². The summed E-state index contributed by atoms with van der Waals surface area (Å²) in [5, 5.41) is 0. The minimum atomic E-state index is -0.518. The Morgan fingerprint density at radius 1 is 0.857 bits per heavy atom. The minimum Gasteiger partial charge on any atom is -0.494 e. The largest absolute Gasteiger partial charge is 0.494 e. The second-order valence-electron chi connectivity index (χ2n) is 6.00. The van der Waals surface area contributed by atoms with Gasteiger partial charge in [0.15, 0.2) is 0 Å². The first-order chi connectivity index (χ1) is 13.6. The lowest BCUT2D eigenvalue weighted by atomic mass is 10.2. The molecule has 0 radical (unpaired) electrons. The molecule has 6 heteroatoms. The minimum absolute atomic E-state index is 0.283. The topological polar surface area (TPSA) is 61.8 Å². The van der Waals surface area contributed by atoms with Gasteiger partial charge in [0.2, 0.25) is 0 Å². The Morgan fingerprint density at radius 2 is 1.46 bits per heavy atom. The first-order valence-electron chi connectivity index (χ1n) is 9.08. The lowest BCUT2D eigenvalue weighted by Gasteiger charge is -2.08. The zero-order valence-electron chi connectivity index (χ0n) is 15.6. The molecule has 0 fully saturated rings. The van der Waals surface area contributed by atoms with Crippen molar-refractivity contribution in [3.8, 4) is 11.5 Å². The number of hydrogen-bond donors (Lipinski definition) is 0. The lowest BCUT2D eigenvalue weighted by Crippen LogP contribution is -2.08. The van der Waals surface area contributed by atoms with Gasteiger partial charge in [-0.1, -0.05) is 6.58 Å². The fourth-order valence-electron chi connectivity index (χ4n) is 2.34. The molecule has 0 heterocycles. The molecule has 0 N–H and O–H groups in total. The number of ether oxygens (including phenoxy) is 3. The van der Waals surface area contributed by atoms with Gasteiger partial charge in [-0.25, -0.2) is 14.0 Å². The first kappa shape index (κ1) is 21.2. The van der Waals surface area contributed by atoms with Gasteiger partial charge < -0.3 is 14.2 Å². The Bertz CT molecular complexity index is 769. The van der Waals surface area contributed by atoms with Crippen molar-refractivity contribution in [2.45, 2.75) is 25.7 Å². The van der Waals surface area contributed by atoms with Crippen molar-refractivity contribution in [1.82, 2.24) is 0 Å². The van der Waals surface area contributed by atoms with Crippen LogP contribution in [0.15, 0.2) is 61.2 Å². The molecule has 0 aliphatic carbocycles. The van der Waals surface area contributed by atoms with Crippen molar-refractivity contribution in [3.63, 3.8) is 0 Å². The van der Waals surface area contributed by atoms with Crippen LogP contribution in [0.25, 0.3) is 0 Å². The first-order valence-corrected chi connectivity index (χ1v) is 9.08. The third kappa shape index (κ3) is 7.61. The van der Waals surface area contributed by atoms with E-state index in [0.29, 0.717) is 24.5 Å².